The molecule has 0 radical (unpaired) electrons. The number of rotatable bonds is 1. The van der Waals surface area contributed by atoms with Gasteiger partial charge in [0, 0.05) is 4.32 Å². The van der Waals surface area contributed by atoms with Crippen LogP contribution in [0, 0.1) is 5.41 Å². The zero-order valence-electron chi connectivity index (χ0n) is 6.91. The van der Waals surface area contributed by atoms with Gasteiger partial charge in [-0.3, -0.25) is 0 Å². The van der Waals surface area contributed by atoms with Crippen LogP contribution in [0.5, 0.6) is 0 Å². The van der Waals surface area contributed by atoms with Gasteiger partial charge in [-0.15, -0.1) is 0 Å². The van der Waals surface area contributed by atoms with E-state index in [0.29, 0.717) is 9.74 Å². The Kier molecular flexibility index (Phi) is 1.80. The maximum Gasteiger partial charge on any atom is 0.0258 e. The lowest BCUT2D eigenvalue weighted by Crippen LogP contribution is -2.45. The van der Waals surface area contributed by atoms with Crippen LogP contribution in [-0.2, 0) is 0 Å². The molecular formula is C9H16BrN. The number of fused-ring (bicyclic) bond motifs is 3. The molecule has 3 fully saturated rings. The number of nitrogens with two attached hydrogens (primary N) is 1. The van der Waals surface area contributed by atoms with Gasteiger partial charge in [0.15, 0.2) is 0 Å². The largest absolute Gasteiger partial charge is 0.330 e. The van der Waals surface area contributed by atoms with E-state index in [-0.39, 0.29) is 0 Å². The Morgan fingerprint density at radius 2 is 1.45 bits per heavy atom. The van der Waals surface area contributed by atoms with E-state index in [1.807, 2.05) is 0 Å². The van der Waals surface area contributed by atoms with Crippen LogP contribution < -0.4 is 5.73 Å². The minimum Gasteiger partial charge on any atom is -0.330 e. The van der Waals surface area contributed by atoms with Gasteiger partial charge in [0.2, 0.25) is 0 Å². The van der Waals surface area contributed by atoms with Crippen molar-refractivity contribution in [3.63, 3.8) is 0 Å². The summed E-state index contributed by atoms with van der Waals surface area (Å²) >= 11 is 3.85. The van der Waals surface area contributed by atoms with E-state index in [9.17, 15) is 0 Å². The maximum atomic E-state index is 5.80. The molecule has 0 aliphatic heterocycles. The minimum atomic E-state index is 0.518. The average molecular weight is 218 g/mol. The Hall–Kier alpha value is 0.440. The van der Waals surface area contributed by atoms with Crippen molar-refractivity contribution < 1.29 is 0 Å². The molecule has 2 bridgehead atoms. The van der Waals surface area contributed by atoms with Crippen molar-refractivity contribution in [2.45, 2.75) is 42.8 Å². The Morgan fingerprint density at radius 1 is 1.00 bits per heavy atom. The fraction of sp³-hybridized carbons (Fsp3) is 1.00. The lowest BCUT2D eigenvalue weighted by molar-refractivity contribution is 0.0945. The molecule has 3 rings (SSSR count). The molecule has 0 saturated heterocycles. The predicted molar refractivity (Wildman–Crippen MR) is 50.8 cm³/mol. The maximum absolute atomic E-state index is 5.80. The predicted octanol–water partition coefficient (Wildman–Crippen LogP) is 2.43. The molecule has 0 unspecified atom stereocenters. The monoisotopic (exact) mass is 217 g/mol. The standard InChI is InChI=1S/C9H16BrN/c10-9-4-1-8(7-11,2-5-9)3-6-9/h1-7,11H2. The van der Waals surface area contributed by atoms with Gasteiger partial charge in [0.05, 0.1) is 0 Å². The van der Waals surface area contributed by atoms with Gasteiger partial charge < -0.3 is 5.73 Å². The lowest BCUT2D eigenvalue weighted by atomic mass is 9.61. The van der Waals surface area contributed by atoms with Gasteiger partial charge in [0.1, 0.15) is 0 Å². The van der Waals surface area contributed by atoms with Crippen LogP contribution >= 0.6 is 15.9 Å². The van der Waals surface area contributed by atoms with Crippen molar-refractivity contribution >= 4 is 15.9 Å². The molecule has 0 spiro atoms. The molecule has 0 heterocycles. The summed E-state index contributed by atoms with van der Waals surface area (Å²) in [6.45, 7) is 0.913. The highest BCUT2D eigenvalue weighted by atomic mass is 79.9. The SMILES string of the molecule is NCC12CCC(Br)(CC1)CC2. The first-order valence-electron chi connectivity index (χ1n) is 4.57. The zero-order valence-corrected chi connectivity index (χ0v) is 8.49. The van der Waals surface area contributed by atoms with E-state index in [0.717, 1.165) is 6.54 Å². The highest BCUT2D eigenvalue weighted by Crippen LogP contribution is 2.55. The molecule has 0 aromatic carbocycles. The molecule has 0 aromatic heterocycles. The molecule has 3 saturated carbocycles. The Bertz CT molecular complexity index is 142. The van der Waals surface area contributed by atoms with Crippen LogP contribution in [0.4, 0.5) is 0 Å². The van der Waals surface area contributed by atoms with Crippen LogP contribution in [0.1, 0.15) is 38.5 Å². The smallest absolute Gasteiger partial charge is 0.0258 e. The van der Waals surface area contributed by atoms with Gasteiger partial charge in [-0.1, -0.05) is 15.9 Å². The molecule has 11 heavy (non-hydrogen) atoms. The Labute approximate surface area is 76.9 Å². The third-order valence-corrected chi connectivity index (χ3v) is 4.93. The third-order valence-electron chi connectivity index (χ3n) is 3.74. The summed E-state index contributed by atoms with van der Waals surface area (Å²) < 4.78 is 0.518. The summed E-state index contributed by atoms with van der Waals surface area (Å²) in [5.41, 5.74) is 6.35. The van der Waals surface area contributed by atoms with Gasteiger partial charge in [-0.25, -0.2) is 0 Å². The molecule has 2 N–H and O–H groups in total. The topological polar surface area (TPSA) is 26.0 Å². The zero-order chi connectivity index (χ0) is 7.95. The second kappa shape index (κ2) is 2.46. The quantitative estimate of drug-likeness (QED) is 0.672. The fourth-order valence-corrected chi connectivity index (χ4v) is 3.12. The Morgan fingerprint density at radius 3 is 1.82 bits per heavy atom. The molecule has 2 heteroatoms. The summed E-state index contributed by atoms with van der Waals surface area (Å²) in [6, 6.07) is 0. The van der Waals surface area contributed by atoms with Gasteiger partial charge >= 0.3 is 0 Å². The second-order valence-corrected chi connectivity index (χ2v) is 6.04. The van der Waals surface area contributed by atoms with E-state index in [1.54, 1.807) is 0 Å². The highest BCUT2D eigenvalue weighted by Gasteiger charge is 2.46. The molecule has 0 amide bonds. The molecule has 3 aliphatic carbocycles. The number of halogens is 1. The number of alkyl halides is 1. The minimum absolute atomic E-state index is 0.518. The first-order valence-corrected chi connectivity index (χ1v) is 5.37. The summed E-state index contributed by atoms with van der Waals surface area (Å²) in [4.78, 5) is 0. The molecule has 3 aliphatic rings. The van der Waals surface area contributed by atoms with Gasteiger partial charge in [-0.2, -0.15) is 0 Å². The molecule has 0 aromatic rings. The summed E-state index contributed by atoms with van der Waals surface area (Å²) in [5, 5.41) is 0. The van der Waals surface area contributed by atoms with Crippen molar-refractivity contribution in [3.05, 3.63) is 0 Å². The van der Waals surface area contributed by atoms with Crippen LogP contribution in [-0.4, -0.2) is 10.9 Å². The second-order valence-electron chi connectivity index (χ2n) is 4.36. The van der Waals surface area contributed by atoms with E-state index < -0.39 is 0 Å². The number of hydrogen-bond donors (Lipinski definition) is 1. The fourth-order valence-electron chi connectivity index (χ4n) is 2.52. The van der Waals surface area contributed by atoms with Crippen molar-refractivity contribution in [1.29, 1.82) is 0 Å². The average Bonchev–Trinajstić information content (AvgIpc) is 2.07. The van der Waals surface area contributed by atoms with Crippen LogP contribution in [0.15, 0.2) is 0 Å². The lowest BCUT2D eigenvalue weighted by Gasteiger charge is -2.50. The molecule has 64 valence electrons. The van der Waals surface area contributed by atoms with Crippen LogP contribution in [0.25, 0.3) is 0 Å². The van der Waals surface area contributed by atoms with Crippen molar-refractivity contribution in [2.24, 2.45) is 11.1 Å². The molecular weight excluding hydrogens is 202 g/mol. The first kappa shape index (κ1) is 8.06. The van der Waals surface area contributed by atoms with Crippen molar-refractivity contribution in [3.8, 4) is 0 Å². The normalized spacial score (nSPS) is 49.6. The summed E-state index contributed by atoms with van der Waals surface area (Å²) in [6.07, 6.45) is 8.12. The molecule has 0 atom stereocenters. The summed E-state index contributed by atoms with van der Waals surface area (Å²) in [5.74, 6) is 0. The van der Waals surface area contributed by atoms with E-state index in [2.05, 4.69) is 15.9 Å². The molecule has 1 nitrogen and oxygen atoms in total. The van der Waals surface area contributed by atoms with Crippen molar-refractivity contribution in [1.82, 2.24) is 0 Å². The van der Waals surface area contributed by atoms with Crippen LogP contribution in [0.3, 0.4) is 0 Å². The van der Waals surface area contributed by atoms with E-state index in [4.69, 9.17) is 5.73 Å². The van der Waals surface area contributed by atoms with E-state index in [1.165, 1.54) is 38.5 Å². The first-order chi connectivity index (χ1) is 5.18. The highest BCUT2D eigenvalue weighted by molar-refractivity contribution is 9.10. The van der Waals surface area contributed by atoms with Crippen LogP contribution in [0.2, 0.25) is 0 Å². The van der Waals surface area contributed by atoms with E-state index >= 15 is 0 Å². The van der Waals surface area contributed by atoms with Gasteiger partial charge in [0.25, 0.3) is 0 Å². The number of hydrogen-bond acceptors (Lipinski definition) is 1. The Balaban J connectivity index is 2.12. The van der Waals surface area contributed by atoms with Gasteiger partial charge in [-0.05, 0) is 50.5 Å². The van der Waals surface area contributed by atoms with Crippen molar-refractivity contribution in [2.75, 3.05) is 6.54 Å². The summed E-state index contributed by atoms with van der Waals surface area (Å²) in [7, 11) is 0. The third kappa shape index (κ3) is 1.25.